The van der Waals surface area contributed by atoms with Crippen molar-refractivity contribution in [3.63, 3.8) is 0 Å². The van der Waals surface area contributed by atoms with E-state index in [2.05, 4.69) is 15.5 Å². The zero-order chi connectivity index (χ0) is 11.3. The Labute approximate surface area is 91.8 Å². The van der Waals surface area contributed by atoms with Crippen LogP contribution in [0, 0.1) is 0 Å². The maximum absolute atomic E-state index is 11.5. The number of halogens is 1. The van der Waals surface area contributed by atoms with Gasteiger partial charge in [0, 0.05) is 18.0 Å². The number of aromatic nitrogens is 2. The second kappa shape index (κ2) is 5.50. The number of hydrogen-bond acceptors (Lipinski definition) is 3. The van der Waals surface area contributed by atoms with Crippen molar-refractivity contribution in [2.45, 2.75) is 19.4 Å². The monoisotopic (exact) mass is 229 g/mol. The minimum absolute atomic E-state index is 0.0104. The molecule has 1 heterocycles. The average Bonchev–Trinajstić information content (AvgIpc) is 2.18. The predicted molar refractivity (Wildman–Crippen MR) is 57.1 cm³/mol. The van der Waals surface area contributed by atoms with Crippen LogP contribution >= 0.6 is 11.6 Å². The first-order valence-electron chi connectivity index (χ1n) is 4.56. The van der Waals surface area contributed by atoms with Gasteiger partial charge in [0.05, 0.1) is 0 Å². The lowest BCUT2D eigenvalue weighted by molar-refractivity contribution is 0.0933. The number of aromatic amines is 1. The first-order chi connectivity index (χ1) is 7.13. The number of hydrogen-bond donors (Lipinski definition) is 2. The molecule has 0 bridgehead atoms. The van der Waals surface area contributed by atoms with E-state index in [0.29, 0.717) is 12.3 Å². The summed E-state index contributed by atoms with van der Waals surface area (Å²) in [5.41, 5.74) is -0.142. The molecule has 1 amide bonds. The van der Waals surface area contributed by atoms with Crippen LogP contribution in [0.4, 0.5) is 0 Å². The van der Waals surface area contributed by atoms with Crippen LogP contribution < -0.4 is 10.9 Å². The Morgan fingerprint density at radius 1 is 1.67 bits per heavy atom. The molecule has 2 N–H and O–H groups in total. The van der Waals surface area contributed by atoms with Crippen molar-refractivity contribution in [2.75, 3.05) is 5.88 Å². The maximum Gasteiger partial charge on any atom is 0.271 e. The van der Waals surface area contributed by atoms with Gasteiger partial charge in [-0.3, -0.25) is 9.59 Å². The Hall–Kier alpha value is -1.36. The molecule has 0 fully saturated rings. The van der Waals surface area contributed by atoms with Gasteiger partial charge in [0.25, 0.3) is 11.5 Å². The van der Waals surface area contributed by atoms with Gasteiger partial charge in [-0.25, -0.2) is 5.10 Å². The third-order valence-corrected chi connectivity index (χ3v) is 2.05. The van der Waals surface area contributed by atoms with Crippen molar-refractivity contribution in [1.29, 1.82) is 0 Å². The molecule has 15 heavy (non-hydrogen) atoms. The van der Waals surface area contributed by atoms with Crippen LogP contribution in [0.1, 0.15) is 23.8 Å². The molecule has 1 aromatic heterocycles. The average molecular weight is 230 g/mol. The third kappa shape index (κ3) is 3.71. The SMILES string of the molecule is CC(CCCl)NC(=O)c1ccc(=O)[nH]n1. The van der Waals surface area contributed by atoms with Gasteiger partial charge < -0.3 is 5.32 Å². The molecule has 0 saturated carbocycles. The van der Waals surface area contributed by atoms with E-state index in [9.17, 15) is 9.59 Å². The summed E-state index contributed by atoms with van der Waals surface area (Å²) in [4.78, 5) is 22.2. The minimum Gasteiger partial charge on any atom is -0.348 e. The summed E-state index contributed by atoms with van der Waals surface area (Å²) in [6, 6.07) is 2.62. The summed E-state index contributed by atoms with van der Waals surface area (Å²) < 4.78 is 0. The van der Waals surface area contributed by atoms with Gasteiger partial charge in [0.15, 0.2) is 0 Å². The van der Waals surface area contributed by atoms with Crippen LogP contribution in [-0.4, -0.2) is 28.0 Å². The molecule has 5 nitrogen and oxygen atoms in total. The fraction of sp³-hybridized carbons (Fsp3) is 0.444. The van der Waals surface area contributed by atoms with Crippen molar-refractivity contribution in [2.24, 2.45) is 0 Å². The number of nitrogens with one attached hydrogen (secondary N) is 2. The summed E-state index contributed by atoms with van der Waals surface area (Å²) >= 11 is 5.53. The first kappa shape index (κ1) is 11.7. The largest absolute Gasteiger partial charge is 0.348 e. The minimum atomic E-state index is -0.333. The van der Waals surface area contributed by atoms with Crippen LogP contribution in [-0.2, 0) is 0 Å². The van der Waals surface area contributed by atoms with Crippen molar-refractivity contribution in [3.05, 3.63) is 28.2 Å². The third-order valence-electron chi connectivity index (χ3n) is 1.83. The van der Waals surface area contributed by atoms with E-state index in [0.717, 1.165) is 0 Å². The van der Waals surface area contributed by atoms with E-state index < -0.39 is 0 Å². The summed E-state index contributed by atoms with van der Waals surface area (Å²) in [6.45, 7) is 1.85. The fourth-order valence-corrected chi connectivity index (χ4v) is 1.33. The Balaban J connectivity index is 2.61. The molecular weight excluding hydrogens is 218 g/mol. The number of carbonyl (C=O) groups is 1. The highest BCUT2D eigenvalue weighted by Crippen LogP contribution is 1.96. The Morgan fingerprint density at radius 2 is 2.40 bits per heavy atom. The summed E-state index contributed by atoms with van der Waals surface area (Å²) in [6.07, 6.45) is 0.691. The zero-order valence-corrected chi connectivity index (χ0v) is 9.04. The van der Waals surface area contributed by atoms with Gasteiger partial charge in [0.2, 0.25) is 0 Å². The standard InChI is InChI=1S/C9H12ClN3O2/c1-6(4-5-10)11-9(15)7-2-3-8(14)13-12-7/h2-3,6H,4-5H2,1H3,(H,11,15)(H,13,14). The predicted octanol–water partition coefficient (Wildman–Crippen LogP) is 0.517. The highest BCUT2D eigenvalue weighted by molar-refractivity contribution is 6.17. The lowest BCUT2D eigenvalue weighted by Gasteiger charge is -2.11. The van der Waals surface area contributed by atoms with Crippen LogP contribution in [0.5, 0.6) is 0 Å². The molecule has 1 rings (SSSR count). The van der Waals surface area contributed by atoms with E-state index in [1.807, 2.05) is 6.92 Å². The summed E-state index contributed by atoms with van der Waals surface area (Å²) in [5.74, 6) is 0.171. The summed E-state index contributed by atoms with van der Waals surface area (Å²) in [7, 11) is 0. The molecule has 0 aliphatic rings. The lowest BCUT2D eigenvalue weighted by Crippen LogP contribution is -2.33. The van der Waals surface area contributed by atoms with E-state index in [1.165, 1.54) is 12.1 Å². The Bertz CT molecular complexity index is 371. The number of alkyl halides is 1. The highest BCUT2D eigenvalue weighted by Gasteiger charge is 2.10. The van der Waals surface area contributed by atoms with E-state index in [1.54, 1.807) is 0 Å². The number of amides is 1. The second-order valence-corrected chi connectivity index (χ2v) is 3.54. The Kier molecular flexibility index (Phi) is 4.30. The quantitative estimate of drug-likeness (QED) is 0.739. The molecule has 1 atom stereocenters. The van der Waals surface area contributed by atoms with E-state index in [4.69, 9.17) is 11.6 Å². The molecule has 1 aromatic rings. The van der Waals surface area contributed by atoms with Crippen LogP contribution in [0.3, 0.4) is 0 Å². The summed E-state index contributed by atoms with van der Waals surface area (Å²) in [5, 5.41) is 8.51. The molecule has 0 saturated heterocycles. The number of nitrogens with zero attached hydrogens (tertiary/aromatic N) is 1. The smallest absolute Gasteiger partial charge is 0.271 e. The van der Waals surface area contributed by atoms with Crippen molar-refractivity contribution in [1.82, 2.24) is 15.5 Å². The molecule has 6 heteroatoms. The van der Waals surface area contributed by atoms with E-state index in [-0.39, 0.29) is 23.2 Å². The van der Waals surface area contributed by atoms with Gasteiger partial charge in [-0.1, -0.05) is 0 Å². The highest BCUT2D eigenvalue weighted by atomic mass is 35.5. The van der Waals surface area contributed by atoms with E-state index >= 15 is 0 Å². The molecule has 82 valence electrons. The topological polar surface area (TPSA) is 74.8 Å². The first-order valence-corrected chi connectivity index (χ1v) is 5.09. The second-order valence-electron chi connectivity index (χ2n) is 3.16. The van der Waals surface area contributed by atoms with Gasteiger partial charge in [-0.15, -0.1) is 11.6 Å². The van der Waals surface area contributed by atoms with Crippen LogP contribution in [0.2, 0.25) is 0 Å². The fourth-order valence-electron chi connectivity index (χ4n) is 1.00. The molecule has 1 unspecified atom stereocenters. The molecule has 0 spiro atoms. The van der Waals surface area contributed by atoms with Gasteiger partial charge in [-0.2, -0.15) is 5.10 Å². The van der Waals surface area contributed by atoms with Crippen LogP contribution in [0.25, 0.3) is 0 Å². The number of carbonyl (C=O) groups excluding carboxylic acids is 1. The van der Waals surface area contributed by atoms with Crippen LogP contribution in [0.15, 0.2) is 16.9 Å². The molecule has 0 aliphatic heterocycles. The maximum atomic E-state index is 11.5. The zero-order valence-electron chi connectivity index (χ0n) is 8.29. The van der Waals surface area contributed by atoms with Gasteiger partial charge in [0.1, 0.15) is 5.69 Å². The Morgan fingerprint density at radius 3 is 2.93 bits per heavy atom. The molecule has 0 aromatic carbocycles. The van der Waals surface area contributed by atoms with Crippen molar-refractivity contribution in [3.8, 4) is 0 Å². The molecular formula is C9H12ClN3O2. The van der Waals surface area contributed by atoms with Crippen molar-refractivity contribution < 1.29 is 4.79 Å². The lowest BCUT2D eigenvalue weighted by atomic mass is 10.2. The molecule has 0 aliphatic carbocycles. The normalized spacial score (nSPS) is 12.1. The van der Waals surface area contributed by atoms with Gasteiger partial charge >= 0.3 is 0 Å². The number of H-pyrrole nitrogens is 1. The number of rotatable bonds is 4. The van der Waals surface area contributed by atoms with Crippen molar-refractivity contribution >= 4 is 17.5 Å². The molecule has 0 radical (unpaired) electrons. The van der Waals surface area contributed by atoms with Gasteiger partial charge in [-0.05, 0) is 19.4 Å².